The first-order valence-corrected chi connectivity index (χ1v) is 7.34. The van der Waals surface area contributed by atoms with E-state index in [-0.39, 0.29) is 0 Å². The molecule has 3 nitrogen and oxygen atoms in total. The normalized spacial score (nSPS) is 11.1. The summed E-state index contributed by atoms with van der Waals surface area (Å²) in [5, 5.41) is 0.793. The van der Waals surface area contributed by atoms with Crippen molar-refractivity contribution in [3.8, 4) is 0 Å². The third-order valence-corrected chi connectivity index (χ3v) is 3.35. The zero-order valence-corrected chi connectivity index (χ0v) is 13.1. The van der Waals surface area contributed by atoms with Crippen molar-refractivity contribution in [3.63, 3.8) is 0 Å². The van der Waals surface area contributed by atoms with E-state index in [0.717, 1.165) is 37.5 Å². The third-order valence-electron chi connectivity index (χ3n) is 3.11. The molecule has 108 valence electrons. The molecule has 0 fully saturated rings. The summed E-state index contributed by atoms with van der Waals surface area (Å²) < 4.78 is 0. The average Bonchev–Trinajstić information content (AvgIpc) is 2.37. The van der Waals surface area contributed by atoms with Crippen LogP contribution in [0, 0.1) is 0 Å². The summed E-state index contributed by atoms with van der Waals surface area (Å²) in [4.78, 5) is 4.62. The standard InChI is InChI=1S/C15H26ClN3/c1-4-9-19(11-10-18(2)3)15-12-14(16)6-5-13(15)7-8-17/h5-6,12H,4,7-11,17H2,1-3H3. The van der Waals surface area contributed by atoms with E-state index in [0.29, 0.717) is 6.54 Å². The molecule has 0 aliphatic heterocycles. The van der Waals surface area contributed by atoms with E-state index in [1.165, 1.54) is 11.3 Å². The van der Waals surface area contributed by atoms with Crippen LogP contribution in [0.1, 0.15) is 18.9 Å². The second kappa shape index (κ2) is 8.41. The van der Waals surface area contributed by atoms with E-state index in [4.69, 9.17) is 17.3 Å². The predicted octanol–water partition coefficient (Wildman–Crippen LogP) is 2.62. The van der Waals surface area contributed by atoms with E-state index >= 15 is 0 Å². The zero-order chi connectivity index (χ0) is 14.3. The topological polar surface area (TPSA) is 32.5 Å². The van der Waals surface area contributed by atoms with Gasteiger partial charge in [0, 0.05) is 30.3 Å². The Bertz CT molecular complexity index is 380. The van der Waals surface area contributed by atoms with Crippen LogP contribution in [0.4, 0.5) is 5.69 Å². The van der Waals surface area contributed by atoms with Crippen molar-refractivity contribution in [2.24, 2.45) is 5.73 Å². The molecule has 1 rings (SSSR count). The minimum atomic E-state index is 0.669. The van der Waals surface area contributed by atoms with Crippen molar-refractivity contribution in [1.82, 2.24) is 4.90 Å². The third kappa shape index (κ3) is 5.39. The molecule has 0 heterocycles. The van der Waals surface area contributed by atoms with Gasteiger partial charge >= 0.3 is 0 Å². The van der Waals surface area contributed by atoms with Crippen molar-refractivity contribution < 1.29 is 0 Å². The smallest absolute Gasteiger partial charge is 0.0426 e. The Labute approximate surface area is 122 Å². The van der Waals surface area contributed by atoms with Gasteiger partial charge in [-0.3, -0.25) is 0 Å². The van der Waals surface area contributed by atoms with Crippen LogP contribution in [0.2, 0.25) is 5.02 Å². The van der Waals surface area contributed by atoms with E-state index < -0.39 is 0 Å². The van der Waals surface area contributed by atoms with Gasteiger partial charge in [-0.2, -0.15) is 0 Å². The number of nitrogens with zero attached hydrogens (tertiary/aromatic N) is 2. The summed E-state index contributed by atoms with van der Waals surface area (Å²) in [6, 6.07) is 6.12. The number of nitrogens with two attached hydrogens (primary N) is 1. The molecule has 0 aromatic heterocycles. The Morgan fingerprint density at radius 1 is 1.16 bits per heavy atom. The van der Waals surface area contributed by atoms with E-state index in [1.807, 2.05) is 6.07 Å². The first-order chi connectivity index (χ1) is 9.08. The lowest BCUT2D eigenvalue weighted by atomic mass is 10.1. The maximum Gasteiger partial charge on any atom is 0.0426 e. The van der Waals surface area contributed by atoms with Crippen LogP contribution >= 0.6 is 11.6 Å². The Morgan fingerprint density at radius 3 is 2.47 bits per heavy atom. The van der Waals surface area contributed by atoms with E-state index in [1.54, 1.807) is 0 Å². The number of hydrogen-bond acceptors (Lipinski definition) is 3. The van der Waals surface area contributed by atoms with Gasteiger partial charge < -0.3 is 15.5 Å². The summed E-state index contributed by atoms with van der Waals surface area (Å²) in [6.07, 6.45) is 2.02. The van der Waals surface area contributed by atoms with Gasteiger partial charge in [0.05, 0.1) is 0 Å². The molecule has 2 N–H and O–H groups in total. The van der Waals surface area contributed by atoms with Gasteiger partial charge in [0.2, 0.25) is 0 Å². The minimum absolute atomic E-state index is 0.669. The van der Waals surface area contributed by atoms with Crippen LogP contribution in [0.15, 0.2) is 18.2 Å². The molecule has 0 bridgehead atoms. The van der Waals surface area contributed by atoms with Gasteiger partial charge in [-0.05, 0) is 51.2 Å². The van der Waals surface area contributed by atoms with Crippen molar-refractivity contribution in [3.05, 3.63) is 28.8 Å². The minimum Gasteiger partial charge on any atom is -0.370 e. The Kier molecular flexibility index (Phi) is 7.21. The molecule has 0 unspecified atom stereocenters. The molecule has 4 heteroatoms. The fourth-order valence-corrected chi connectivity index (χ4v) is 2.31. The molecule has 0 atom stereocenters. The first kappa shape index (κ1) is 16.3. The highest BCUT2D eigenvalue weighted by molar-refractivity contribution is 6.30. The lowest BCUT2D eigenvalue weighted by Crippen LogP contribution is -2.33. The van der Waals surface area contributed by atoms with E-state index in [9.17, 15) is 0 Å². The molecular formula is C15H26ClN3. The number of benzene rings is 1. The number of rotatable bonds is 8. The highest BCUT2D eigenvalue weighted by atomic mass is 35.5. The van der Waals surface area contributed by atoms with Crippen LogP contribution in [-0.2, 0) is 6.42 Å². The molecule has 0 amide bonds. The quantitative estimate of drug-likeness (QED) is 0.796. The second-order valence-corrected chi connectivity index (χ2v) is 5.54. The summed E-state index contributed by atoms with van der Waals surface area (Å²) in [5.41, 5.74) is 8.23. The van der Waals surface area contributed by atoms with Gasteiger partial charge in [-0.1, -0.05) is 24.6 Å². The lowest BCUT2D eigenvalue weighted by Gasteiger charge is -2.28. The van der Waals surface area contributed by atoms with Crippen LogP contribution in [-0.4, -0.2) is 45.2 Å². The van der Waals surface area contributed by atoms with Crippen LogP contribution in [0.3, 0.4) is 0 Å². The Hall–Kier alpha value is -0.770. The largest absolute Gasteiger partial charge is 0.370 e. The van der Waals surface area contributed by atoms with Crippen LogP contribution < -0.4 is 10.6 Å². The highest BCUT2D eigenvalue weighted by Crippen LogP contribution is 2.25. The summed E-state index contributed by atoms with van der Waals surface area (Å²) in [5.74, 6) is 0. The summed E-state index contributed by atoms with van der Waals surface area (Å²) >= 11 is 6.16. The maximum atomic E-state index is 6.16. The molecule has 0 saturated carbocycles. The van der Waals surface area contributed by atoms with E-state index in [2.05, 4.69) is 43.0 Å². The van der Waals surface area contributed by atoms with Crippen molar-refractivity contribution in [2.75, 3.05) is 45.2 Å². The number of halogens is 1. The number of hydrogen-bond donors (Lipinski definition) is 1. The fraction of sp³-hybridized carbons (Fsp3) is 0.600. The van der Waals surface area contributed by atoms with Crippen molar-refractivity contribution in [1.29, 1.82) is 0 Å². The first-order valence-electron chi connectivity index (χ1n) is 6.96. The monoisotopic (exact) mass is 283 g/mol. The maximum absolute atomic E-state index is 6.16. The highest BCUT2D eigenvalue weighted by Gasteiger charge is 2.11. The summed E-state index contributed by atoms with van der Waals surface area (Å²) in [6.45, 7) is 5.97. The van der Waals surface area contributed by atoms with Crippen molar-refractivity contribution in [2.45, 2.75) is 19.8 Å². The second-order valence-electron chi connectivity index (χ2n) is 5.10. The van der Waals surface area contributed by atoms with Gasteiger partial charge in [0.15, 0.2) is 0 Å². The fourth-order valence-electron chi connectivity index (χ4n) is 2.14. The van der Waals surface area contributed by atoms with Gasteiger partial charge in [-0.15, -0.1) is 0 Å². The van der Waals surface area contributed by atoms with Gasteiger partial charge in [-0.25, -0.2) is 0 Å². The average molecular weight is 284 g/mol. The molecular weight excluding hydrogens is 258 g/mol. The van der Waals surface area contributed by atoms with Crippen LogP contribution in [0.25, 0.3) is 0 Å². The SMILES string of the molecule is CCCN(CCN(C)C)c1cc(Cl)ccc1CCN. The van der Waals surface area contributed by atoms with Gasteiger partial charge in [0.1, 0.15) is 0 Å². The van der Waals surface area contributed by atoms with Gasteiger partial charge in [0.25, 0.3) is 0 Å². The molecule has 19 heavy (non-hydrogen) atoms. The van der Waals surface area contributed by atoms with Crippen LogP contribution in [0.5, 0.6) is 0 Å². The predicted molar refractivity (Wildman–Crippen MR) is 85.3 cm³/mol. The van der Waals surface area contributed by atoms with Crippen molar-refractivity contribution >= 4 is 17.3 Å². The molecule has 1 aromatic carbocycles. The zero-order valence-electron chi connectivity index (χ0n) is 12.3. The molecule has 0 spiro atoms. The molecule has 1 aromatic rings. The lowest BCUT2D eigenvalue weighted by molar-refractivity contribution is 0.413. The number of likely N-dealkylation sites (N-methyl/N-ethyl adjacent to an activating group) is 1. The Balaban J connectivity index is 2.94. The molecule has 0 saturated heterocycles. The molecule has 0 aliphatic carbocycles. The molecule has 0 radical (unpaired) electrons. The Morgan fingerprint density at radius 2 is 1.89 bits per heavy atom. The summed E-state index contributed by atoms with van der Waals surface area (Å²) in [7, 11) is 4.20. The molecule has 0 aliphatic rings. The number of anilines is 1.